The predicted molar refractivity (Wildman–Crippen MR) is 76.9 cm³/mol. The average Bonchev–Trinajstić information content (AvgIpc) is 2.99. The van der Waals surface area contributed by atoms with Gasteiger partial charge in [-0.3, -0.25) is 4.57 Å². The van der Waals surface area contributed by atoms with E-state index in [9.17, 15) is 9.46 Å². The molecule has 100 valence electrons. The van der Waals surface area contributed by atoms with Crippen LogP contribution < -0.4 is 15.8 Å². The van der Waals surface area contributed by atoms with E-state index < -0.39 is 7.37 Å². The summed E-state index contributed by atoms with van der Waals surface area (Å²) in [6.45, 7) is 0. The zero-order chi connectivity index (χ0) is 14.0. The fourth-order valence-corrected chi connectivity index (χ4v) is 3.52. The first kappa shape index (κ1) is 12.9. The van der Waals surface area contributed by atoms with Gasteiger partial charge in [0.25, 0.3) is 0 Å². The van der Waals surface area contributed by atoms with Crippen molar-refractivity contribution >= 4 is 18.2 Å². The maximum Gasteiger partial charge on any atom is 0.163 e. The van der Waals surface area contributed by atoms with Gasteiger partial charge in [-0.15, -0.1) is 0 Å². The van der Waals surface area contributed by atoms with E-state index in [4.69, 9.17) is 0 Å². The Balaban J connectivity index is 2.13. The molecular weight excluding hydrogens is 271 g/mol. The van der Waals surface area contributed by atoms with E-state index in [0.29, 0.717) is 0 Å². The molecule has 0 radical (unpaired) electrons. The molecule has 0 aliphatic heterocycles. The Kier molecular flexibility index (Phi) is 3.26. The van der Waals surface area contributed by atoms with E-state index >= 15 is 0 Å². The Labute approximate surface area is 116 Å². The van der Waals surface area contributed by atoms with E-state index in [0.717, 1.165) is 5.69 Å². The highest BCUT2D eigenvalue weighted by atomic mass is 31.2. The normalized spacial score (nSPS) is 13.8. The maximum absolute atomic E-state index is 12.6. The van der Waals surface area contributed by atoms with Gasteiger partial charge in [0, 0.05) is 23.4 Å². The van der Waals surface area contributed by atoms with Crippen LogP contribution in [0.3, 0.4) is 0 Å². The number of rotatable bonds is 3. The molecule has 1 aromatic heterocycles. The molecule has 3 rings (SSSR count). The van der Waals surface area contributed by atoms with Crippen LogP contribution in [0.2, 0.25) is 0 Å². The average molecular weight is 283 g/mol. The predicted octanol–water partition coefficient (Wildman–Crippen LogP) is 1.46. The van der Waals surface area contributed by atoms with Crippen LogP contribution in [0.15, 0.2) is 73.1 Å². The number of imidazole rings is 1. The molecule has 0 spiro atoms. The van der Waals surface area contributed by atoms with E-state index in [1.165, 1.54) is 6.20 Å². The lowest BCUT2D eigenvalue weighted by Gasteiger charge is -2.24. The van der Waals surface area contributed by atoms with E-state index in [-0.39, 0.29) is 10.9 Å². The molecule has 0 aliphatic rings. The summed E-state index contributed by atoms with van der Waals surface area (Å²) in [7, 11) is -3.95. The Bertz CT molecular complexity index is 754. The first-order valence-electron chi connectivity index (χ1n) is 6.15. The first-order chi connectivity index (χ1) is 9.69. The number of aromatic nitrogens is 2. The summed E-state index contributed by atoms with van der Waals surface area (Å²) < 4.78 is 14.2. The van der Waals surface area contributed by atoms with Gasteiger partial charge in [0.05, 0.1) is 0 Å². The number of para-hydroxylation sites is 1. The van der Waals surface area contributed by atoms with Crippen molar-refractivity contribution in [3.05, 3.63) is 73.1 Å². The number of hydrogen-bond acceptors (Lipinski definition) is 3. The molecule has 20 heavy (non-hydrogen) atoms. The Morgan fingerprint density at radius 1 is 0.950 bits per heavy atom. The summed E-state index contributed by atoms with van der Waals surface area (Å²) in [5, 5.41) is 0.267. The van der Waals surface area contributed by atoms with Crippen LogP contribution in [-0.4, -0.2) is 9.55 Å². The van der Waals surface area contributed by atoms with Crippen LogP contribution in [-0.2, 0) is 4.57 Å². The molecule has 0 amide bonds. The Morgan fingerprint density at radius 2 is 1.55 bits per heavy atom. The molecule has 1 unspecified atom stereocenters. The molecule has 2 aromatic carbocycles. The van der Waals surface area contributed by atoms with Gasteiger partial charge in [-0.1, -0.05) is 48.5 Å². The molecule has 1 heterocycles. The van der Waals surface area contributed by atoms with Crippen LogP contribution in [0, 0.1) is 0 Å². The molecule has 0 aliphatic carbocycles. The molecule has 5 heteroatoms. The lowest BCUT2D eigenvalue weighted by Crippen LogP contribution is -2.31. The van der Waals surface area contributed by atoms with Gasteiger partial charge < -0.3 is 9.46 Å². The fourth-order valence-electron chi connectivity index (χ4n) is 2.04. The molecule has 4 nitrogen and oxygen atoms in total. The summed E-state index contributed by atoms with van der Waals surface area (Å²) in [6, 6.07) is 17.6. The molecular formula is C15H12N2O2P-. The number of nitrogens with zero attached hydrogens (tertiary/aromatic N) is 2. The van der Waals surface area contributed by atoms with Crippen molar-refractivity contribution in [1.29, 1.82) is 0 Å². The monoisotopic (exact) mass is 283 g/mol. The fraction of sp³-hybridized carbons (Fsp3) is 0. The van der Waals surface area contributed by atoms with Crippen LogP contribution >= 0.6 is 7.37 Å². The van der Waals surface area contributed by atoms with Crippen molar-refractivity contribution in [2.45, 2.75) is 0 Å². The van der Waals surface area contributed by atoms with Gasteiger partial charge >= 0.3 is 0 Å². The van der Waals surface area contributed by atoms with Gasteiger partial charge in [-0.25, -0.2) is 4.98 Å². The smallest absolute Gasteiger partial charge is 0.163 e. The van der Waals surface area contributed by atoms with Crippen molar-refractivity contribution in [2.75, 3.05) is 0 Å². The zero-order valence-corrected chi connectivity index (χ0v) is 11.5. The third-order valence-corrected chi connectivity index (χ3v) is 4.85. The molecule has 0 saturated heterocycles. The van der Waals surface area contributed by atoms with Crippen molar-refractivity contribution < 1.29 is 9.46 Å². The van der Waals surface area contributed by atoms with Gasteiger partial charge in [-0.2, -0.15) is 0 Å². The largest absolute Gasteiger partial charge is 0.790 e. The quantitative estimate of drug-likeness (QED) is 0.684. The van der Waals surface area contributed by atoms with Gasteiger partial charge in [0.1, 0.15) is 7.37 Å². The van der Waals surface area contributed by atoms with Crippen molar-refractivity contribution in [1.82, 2.24) is 9.55 Å². The first-order valence-corrected chi connectivity index (χ1v) is 7.78. The van der Waals surface area contributed by atoms with Crippen LogP contribution in [0.1, 0.15) is 0 Å². The summed E-state index contributed by atoms with van der Waals surface area (Å²) in [5.74, 6) is 0. The minimum atomic E-state index is -3.95. The summed E-state index contributed by atoms with van der Waals surface area (Å²) >= 11 is 0. The topological polar surface area (TPSA) is 57.9 Å². The summed E-state index contributed by atoms with van der Waals surface area (Å²) in [5.41, 5.74) is 0.821. The Hall–Kier alpha value is -2.16. The third kappa shape index (κ3) is 2.20. The van der Waals surface area contributed by atoms with E-state index in [1.54, 1.807) is 41.1 Å². The minimum Gasteiger partial charge on any atom is -0.790 e. The van der Waals surface area contributed by atoms with Crippen molar-refractivity contribution in [3.63, 3.8) is 0 Å². The van der Waals surface area contributed by atoms with Crippen LogP contribution in [0.4, 0.5) is 0 Å². The highest BCUT2D eigenvalue weighted by Gasteiger charge is 2.20. The van der Waals surface area contributed by atoms with Crippen LogP contribution in [0.25, 0.3) is 5.69 Å². The number of hydrogen-bond donors (Lipinski definition) is 0. The molecule has 1 atom stereocenters. The minimum absolute atomic E-state index is 0.0508. The molecule has 0 saturated carbocycles. The van der Waals surface area contributed by atoms with Crippen molar-refractivity contribution in [2.24, 2.45) is 0 Å². The SMILES string of the molecule is O=P([O-])(c1ccccc1)c1nccn1-c1ccccc1. The molecule has 0 bridgehead atoms. The third-order valence-electron chi connectivity index (χ3n) is 3.01. The van der Waals surface area contributed by atoms with Crippen molar-refractivity contribution in [3.8, 4) is 5.69 Å². The summed E-state index contributed by atoms with van der Waals surface area (Å²) in [6.07, 6.45) is 3.15. The lowest BCUT2D eigenvalue weighted by molar-refractivity contribution is -0.167. The lowest BCUT2D eigenvalue weighted by atomic mass is 10.3. The molecule has 0 fully saturated rings. The Morgan fingerprint density at radius 3 is 2.20 bits per heavy atom. The van der Waals surface area contributed by atoms with Crippen LogP contribution in [0.5, 0.6) is 0 Å². The highest BCUT2D eigenvalue weighted by Crippen LogP contribution is 2.32. The van der Waals surface area contributed by atoms with Gasteiger partial charge in [0.15, 0.2) is 5.57 Å². The second kappa shape index (κ2) is 5.08. The van der Waals surface area contributed by atoms with E-state index in [2.05, 4.69) is 4.98 Å². The molecule has 0 N–H and O–H groups in total. The van der Waals surface area contributed by atoms with E-state index in [1.807, 2.05) is 30.3 Å². The standard InChI is InChI=1S/C15H13N2O2P/c18-20(19,14-9-5-2-6-10-14)15-16-11-12-17(15)13-7-3-1-4-8-13/h1-12H,(H,18,19)/p-1. The molecule has 3 aromatic rings. The highest BCUT2D eigenvalue weighted by molar-refractivity contribution is 7.71. The zero-order valence-electron chi connectivity index (χ0n) is 10.6. The van der Waals surface area contributed by atoms with Gasteiger partial charge in [-0.05, 0) is 12.1 Å². The second-order valence-electron chi connectivity index (χ2n) is 4.32. The summed E-state index contributed by atoms with van der Waals surface area (Å²) in [4.78, 5) is 16.7. The van der Waals surface area contributed by atoms with Gasteiger partial charge in [0.2, 0.25) is 0 Å². The maximum atomic E-state index is 12.6. The second-order valence-corrected chi connectivity index (χ2v) is 6.34. The number of benzene rings is 2.